The van der Waals surface area contributed by atoms with Gasteiger partial charge in [0.15, 0.2) is 10.7 Å². The van der Waals surface area contributed by atoms with Crippen LogP contribution < -0.4 is 5.56 Å². The Balaban J connectivity index is 2.66. The SMILES string of the molecule is CCOC(=O)Cc1csc2nc(C(F)(F)F)c(C#N)c(=O)n12. The highest BCUT2D eigenvalue weighted by molar-refractivity contribution is 7.15. The number of hydrogen-bond acceptors (Lipinski definition) is 6. The first-order valence-corrected chi connectivity index (χ1v) is 6.83. The zero-order valence-corrected chi connectivity index (χ0v) is 11.9. The predicted molar refractivity (Wildman–Crippen MR) is 69.4 cm³/mol. The number of halogens is 3. The first-order chi connectivity index (χ1) is 10.3. The van der Waals surface area contributed by atoms with E-state index in [2.05, 4.69) is 4.98 Å². The molecule has 0 bridgehead atoms. The van der Waals surface area contributed by atoms with Gasteiger partial charge < -0.3 is 4.74 Å². The normalized spacial score (nSPS) is 11.4. The van der Waals surface area contributed by atoms with Gasteiger partial charge in [0.1, 0.15) is 11.6 Å². The number of carbonyl (C=O) groups is 1. The Morgan fingerprint density at radius 3 is 2.77 bits per heavy atom. The summed E-state index contributed by atoms with van der Waals surface area (Å²) in [6.45, 7) is 1.73. The lowest BCUT2D eigenvalue weighted by Gasteiger charge is -2.08. The van der Waals surface area contributed by atoms with Gasteiger partial charge in [0.25, 0.3) is 5.56 Å². The van der Waals surface area contributed by atoms with Crippen molar-refractivity contribution < 1.29 is 22.7 Å². The number of thiazole rings is 1. The van der Waals surface area contributed by atoms with Crippen molar-refractivity contribution in [3.05, 3.63) is 32.7 Å². The number of hydrogen-bond donors (Lipinski definition) is 0. The molecule has 0 saturated heterocycles. The van der Waals surface area contributed by atoms with Crippen molar-refractivity contribution in [3.8, 4) is 6.07 Å². The summed E-state index contributed by atoms with van der Waals surface area (Å²) in [5, 5.41) is 10.2. The molecular weight excluding hydrogens is 323 g/mol. The molecule has 0 N–H and O–H groups in total. The summed E-state index contributed by atoms with van der Waals surface area (Å²) in [6.07, 6.45) is -5.21. The quantitative estimate of drug-likeness (QED) is 0.800. The van der Waals surface area contributed by atoms with Crippen LogP contribution in [-0.2, 0) is 22.1 Å². The van der Waals surface area contributed by atoms with Crippen LogP contribution in [0, 0.1) is 11.3 Å². The van der Waals surface area contributed by atoms with Gasteiger partial charge in [-0.1, -0.05) is 0 Å². The van der Waals surface area contributed by atoms with Crippen LogP contribution in [0.2, 0.25) is 0 Å². The third kappa shape index (κ3) is 2.80. The van der Waals surface area contributed by atoms with E-state index in [1.54, 1.807) is 6.92 Å². The van der Waals surface area contributed by atoms with Gasteiger partial charge in [0.2, 0.25) is 0 Å². The number of rotatable bonds is 3. The van der Waals surface area contributed by atoms with E-state index in [0.29, 0.717) is 0 Å². The second kappa shape index (κ2) is 5.76. The molecule has 2 aromatic heterocycles. The van der Waals surface area contributed by atoms with Crippen molar-refractivity contribution in [1.82, 2.24) is 9.38 Å². The Hall–Kier alpha value is -2.41. The Morgan fingerprint density at radius 1 is 1.55 bits per heavy atom. The van der Waals surface area contributed by atoms with E-state index < -0.39 is 29.0 Å². The topological polar surface area (TPSA) is 84.5 Å². The molecule has 0 unspecified atom stereocenters. The molecule has 0 spiro atoms. The molecule has 2 heterocycles. The highest BCUT2D eigenvalue weighted by Gasteiger charge is 2.38. The maximum absolute atomic E-state index is 12.8. The summed E-state index contributed by atoms with van der Waals surface area (Å²) in [5.74, 6) is -0.632. The van der Waals surface area contributed by atoms with Crippen molar-refractivity contribution in [2.45, 2.75) is 19.5 Å². The lowest BCUT2D eigenvalue weighted by molar-refractivity contribution is -0.143. The minimum atomic E-state index is -4.91. The molecular formula is C12H8F3N3O3S. The van der Waals surface area contributed by atoms with Crippen molar-refractivity contribution in [2.75, 3.05) is 6.61 Å². The molecule has 2 rings (SSSR count). The second-order valence-electron chi connectivity index (χ2n) is 4.08. The molecule has 0 saturated carbocycles. The Bertz CT molecular complexity index is 832. The highest BCUT2D eigenvalue weighted by atomic mass is 32.1. The third-order valence-corrected chi connectivity index (χ3v) is 3.53. The average molecular weight is 331 g/mol. The highest BCUT2D eigenvalue weighted by Crippen LogP contribution is 2.30. The van der Waals surface area contributed by atoms with Crippen LogP contribution in [0.15, 0.2) is 10.2 Å². The maximum atomic E-state index is 12.8. The van der Waals surface area contributed by atoms with E-state index in [9.17, 15) is 22.8 Å². The van der Waals surface area contributed by atoms with E-state index in [4.69, 9.17) is 10.00 Å². The summed E-state index contributed by atoms with van der Waals surface area (Å²) in [6, 6.07) is 1.23. The van der Waals surface area contributed by atoms with E-state index in [1.807, 2.05) is 0 Å². The van der Waals surface area contributed by atoms with E-state index in [0.717, 1.165) is 15.7 Å². The Kier molecular flexibility index (Phi) is 4.18. The zero-order valence-electron chi connectivity index (χ0n) is 11.1. The van der Waals surface area contributed by atoms with E-state index in [1.165, 1.54) is 11.4 Å². The number of aromatic nitrogens is 2. The fourth-order valence-electron chi connectivity index (χ4n) is 1.79. The fourth-order valence-corrected chi connectivity index (χ4v) is 2.67. The summed E-state index contributed by atoms with van der Waals surface area (Å²) in [5.41, 5.74) is -3.65. The number of carbonyl (C=O) groups excluding carboxylic acids is 1. The molecule has 2 aromatic rings. The van der Waals surface area contributed by atoms with Crippen molar-refractivity contribution in [1.29, 1.82) is 5.26 Å². The molecule has 22 heavy (non-hydrogen) atoms. The Labute approximate surface area is 125 Å². The molecule has 10 heteroatoms. The molecule has 0 aromatic carbocycles. The lowest BCUT2D eigenvalue weighted by atomic mass is 10.2. The van der Waals surface area contributed by atoms with Gasteiger partial charge >= 0.3 is 12.1 Å². The van der Waals surface area contributed by atoms with Crippen LogP contribution >= 0.6 is 11.3 Å². The number of alkyl halides is 3. The largest absolute Gasteiger partial charge is 0.466 e. The van der Waals surface area contributed by atoms with Crippen LogP contribution in [0.25, 0.3) is 4.96 Å². The van der Waals surface area contributed by atoms with Crippen LogP contribution in [0.3, 0.4) is 0 Å². The Morgan fingerprint density at radius 2 is 2.23 bits per heavy atom. The molecule has 0 radical (unpaired) electrons. The summed E-state index contributed by atoms with van der Waals surface area (Å²) < 4.78 is 44.0. The van der Waals surface area contributed by atoms with Gasteiger partial charge in [0.05, 0.1) is 13.0 Å². The summed E-state index contributed by atoms with van der Waals surface area (Å²) >= 11 is 0.772. The molecule has 0 fully saturated rings. The van der Waals surface area contributed by atoms with Crippen LogP contribution in [0.4, 0.5) is 13.2 Å². The minimum Gasteiger partial charge on any atom is -0.466 e. The van der Waals surface area contributed by atoms with Crippen LogP contribution in [0.5, 0.6) is 0 Å². The molecule has 0 aliphatic heterocycles. The molecule has 0 aliphatic carbocycles. The lowest BCUT2D eigenvalue weighted by Crippen LogP contribution is -2.26. The van der Waals surface area contributed by atoms with E-state index >= 15 is 0 Å². The third-order valence-electron chi connectivity index (χ3n) is 2.65. The summed E-state index contributed by atoms with van der Waals surface area (Å²) in [7, 11) is 0. The second-order valence-corrected chi connectivity index (χ2v) is 4.91. The molecule has 0 aliphatic rings. The molecule has 6 nitrogen and oxygen atoms in total. The fraction of sp³-hybridized carbons (Fsp3) is 0.333. The molecule has 0 amide bonds. The van der Waals surface area contributed by atoms with Gasteiger partial charge in [0, 0.05) is 11.1 Å². The standard InChI is InChI=1S/C12H8F3N3O3S/c1-2-21-8(19)3-6-5-22-11-17-9(12(13,14)15)7(4-16)10(20)18(6)11/h5H,2-3H2,1H3. The van der Waals surface area contributed by atoms with Crippen molar-refractivity contribution in [3.63, 3.8) is 0 Å². The maximum Gasteiger partial charge on any atom is 0.434 e. The first kappa shape index (κ1) is 16.0. The van der Waals surface area contributed by atoms with Crippen molar-refractivity contribution >= 4 is 22.3 Å². The first-order valence-electron chi connectivity index (χ1n) is 5.95. The van der Waals surface area contributed by atoms with E-state index in [-0.39, 0.29) is 23.7 Å². The number of esters is 1. The smallest absolute Gasteiger partial charge is 0.434 e. The van der Waals surface area contributed by atoms with Gasteiger partial charge in [-0.25, -0.2) is 4.98 Å². The monoisotopic (exact) mass is 331 g/mol. The molecule has 0 atom stereocenters. The van der Waals surface area contributed by atoms with Crippen molar-refractivity contribution in [2.24, 2.45) is 0 Å². The number of nitrogens with zero attached hydrogens (tertiary/aromatic N) is 3. The van der Waals surface area contributed by atoms with Gasteiger partial charge in [-0.3, -0.25) is 14.0 Å². The van der Waals surface area contributed by atoms with Gasteiger partial charge in [-0.05, 0) is 6.92 Å². The van der Waals surface area contributed by atoms with Crippen LogP contribution in [-0.4, -0.2) is 22.0 Å². The number of fused-ring (bicyclic) bond motifs is 1. The van der Waals surface area contributed by atoms with Crippen LogP contribution in [0.1, 0.15) is 23.9 Å². The zero-order chi connectivity index (χ0) is 16.5. The summed E-state index contributed by atoms with van der Waals surface area (Å²) in [4.78, 5) is 26.6. The number of nitriles is 1. The minimum absolute atomic E-state index is 0.126. The average Bonchev–Trinajstić information content (AvgIpc) is 2.81. The predicted octanol–water partition coefficient (Wildman–Crippen LogP) is 1.75. The molecule has 116 valence electrons. The van der Waals surface area contributed by atoms with Gasteiger partial charge in [-0.15, -0.1) is 11.3 Å². The van der Waals surface area contributed by atoms with Gasteiger partial charge in [-0.2, -0.15) is 18.4 Å². The number of ether oxygens (including phenoxy) is 1.